The van der Waals surface area contributed by atoms with E-state index >= 15 is 0 Å². The van der Waals surface area contributed by atoms with Crippen molar-refractivity contribution in [1.29, 1.82) is 0 Å². The van der Waals surface area contributed by atoms with Crippen LogP contribution >= 0.6 is 12.4 Å². The van der Waals surface area contributed by atoms with E-state index in [4.69, 9.17) is 0 Å². The highest BCUT2D eigenvalue weighted by Crippen LogP contribution is 2.27. The number of hydrogen-bond donors (Lipinski definition) is 3. The number of carbonyl (C=O) groups excluding carboxylic acids is 2. The van der Waals surface area contributed by atoms with E-state index in [1.807, 2.05) is 0 Å². The van der Waals surface area contributed by atoms with Gasteiger partial charge in [0.05, 0.1) is 6.54 Å². The third kappa shape index (κ3) is 8.49. The van der Waals surface area contributed by atoms with Crippen LogP contribution in [0.1, 0.15) is 19.8 Å². The van der Waals surface area contributed by atoms with Crippen molar-refractivity contribution >= 4 is 24.2 Å². The van der Waals surface area contributed by atoms with E-state index in [1.54, 1.807) is 0 Å². The van der Waals surface area contributed by atoms with Crippen LogP contribution in [-0.4, -0.2) is 38.0 Å². The van der Waals surface area contributed by atoms with Gasteiger partial charge < -0.3 is 16.0 Å². The van der Waals surface area contributed by atoms with Crippen LogP contribution in [-0.2, 0) is 9.59 Å². The molecule has 0 atom stereocenters. The molecular weight excluding hydrogens is 230 g/mol. The first kappa shape index (κ1) is 15.2. The Morgan fingerprint density at radius 3 is 2.38 bits per heavy atom. The van der Waals surface area contributed by atoms with Gasteiger partial charge >= 0.3 is 0 Å². The minimum absolute atomic E-state index is 0. The van der Waals surface area contributed by atoms with E-state index in [0.717, 1.165) is 12.5 Å². The van der Waals surface area contributed by atoms with Gasteiger partial charge in [-0.3, -0.25) is 9.59 Å². The summed E-state index contributed by atoms with van der Waals surface area (Å²) in [6.07, 6.45) is 2.58. The molecule has 0 aromatic heterocycles. The summed E-state index contributed by atoms with van der Waals surface area (Å²) in [5.74, 6) is 0.703. The summed E-state index contributed by atoms with van der Waals surface area (Å²) < 4.78 is 0. The molecule has 1 saturated carbocycles. The molecule has 0 unspecified atom stereocenters. The Bertz CT molecular complexity index is 232. The molecule has 0 aromatic rings. The molecular formula is C10H20ClN3O2. The Hall–Kier alpha value is -0.810. The fraction of sp³-hybridized carbons (Fsp3) is 0.800. The number of nitrogens with one attached hydrogen (secondary N) is 3. The van der Waals surface area contributed by atoms with Crippen LogP contribution in [0.5, 0.6) is 0 Å². The van der Waals surface area contributed by atoms with Crippen molar-refractivity contribution < 1.29 is 9.59 Å². The minimum atomic E-state index is -0.0730. The fourth-order valence-corrected chi connectivity index (χ4v) is 1.21. The molecule has 1 aliphatic carbocycles. The molecule has 1 aliphatic rings. The Kier molecular flexibility index (Phi) is 7.93. The lowest BCUT2D eigenvalue weighted by Gasteiger charge is -2.06. The first-order valence-corrected chi connectivity index (χ1v) is 5.40. The molecule has 2 amide bonds. The van der Waals surface area contributed by atoms with Crippen LogP contribution in [0.25, 0.3) is 0 Å². The zero-order chi connectivity index (χ0) is 11.1. The molecule has 1 fully saturated rings. The van der Waals surface area contributed by atoms with Crippen molar-refractivity contribution in [2.75, 3.05) is 26.2 Å². The van der Waals surface area contributed by atoms with Gasteiger partial charge in [0.15, 0.2) is 0 Å². The Labute approximate surface area is 102 Å². The third-order valence-electron chi connectivity index (χ3n) is 2.24. The summed E-state index contributed by atoms with van der Waals surface area (Å²) >= 11 is 0. The topological polar surface area (TPSA) is 70.2 Å². The Balaban J connectivity index is 0.00000225. The maximum atomic E-state index is 11.2. The van der Waals surface area contributed by atoms with E-state index in [2.05, 4.69) is 16.0 Å². The van der Waals surface area contributed by atoms with Gasteiger partial charge in [0.25, 0.3) is 0 Å². The van der Waals surface area contributed by atoms with Gasteiger partial charge in [0, 0.05) is 20.0 Å². The van der Waals surface area contributed by atoms with Crippen molar-refractivity contribution in [1.82, 2.24) is 16.0 Å². The maximum Gasteiger partial charge on any atom is 0.234 e. The van der Waals surface area contributed by atoms with Gasteiger partial charge in [-0.2, -0.15) is 0 Å². The van der Waals surface area contributed by atoms with Crippen LogP contribution in [0.3, 0.4) is 0 Å². The SMILES string of the molecule is CC(=O)NCCNC(=O)CNCC1CC1.Cl. The predicted molar refractivity (Wildman–Crippen MR) is 64.5 cm³/mol. The smallest absolute Gasteiger partial charge is 0.234 e. The summed E-state index contributed by atoms with van der Waals surface area (Å²) in [6, 6.07) is 0. The van der Waals surface area contributed by atoms with Crippen LogP contribution in [0.4, 0.5) is 0 Å². The summed E-state index contributed by atoms with van der Waals surface area (Å²) in [5.41, 5.74) is 0. The summed E-state index contributed by atoms with van der Waals surface area (Å²) in [5, 5.41) is 8.42. The highest BCUT2D eigenvalue weighted by Gasteiger charge is 2.20. The van der Waals surface area contributed by atoms with Crippen molar-refractivity contribution in [3.8, 4) is 0 Å². The average molecular weight is 250 g/mol. The van der Waals surface area contributed by atoms with E-state index < -0.39 is 0 Å². The average Bonchev–Trinajstić information content (AvgIpc) is 2.96. The quantitative estimate of drug-likeness (QED) is 0.541. The van der Waals surface area contributed by atoms with Gasteiger partial charge in [-0.25, -0.2) is 0 Å². The van der Waals surface area contributed by atoms with Crippen LogP contribution in [0, 0.1) is 5.92 Å². The molecule has 5 nitrogen and oxygen atoms in total. The summed E-state index contributed by atoms with van der Waals surface area (Å²) in [4.78, 5) is 21.7. The van der Waals surface area contributed by atoms with Crippen molar-refractivity contribution in [2.24, 2.45) is 5.92 Å². The largest absolute Gasteiger partial charge is 0.355 e. The highest BCUT2D eigenvalue weighted by molar-refractivity contribution is 5.85. The van der Waals surface area contributed by atoms with Crippen LogP contribution < -0.4 is 16.0 Å². The number of rotatable bonds is 7. The standard InChI is InChI=1S/C10H19N3O2.ClH/c1-8(14)12-4-5-13-10(15)7-11-6-9-2-3-9;/h9,11H,2-7H2,1H3,(H,12,14)(H,13,15);1H. The second-order valence-electron chi connectivity index (χ2n) is 3.91. The van der Waals surface area contributed by atoms with E-state index in [1.165, 1.54) is 19.8 Å². The van der Waals surface area contributed by atoms with Gasteiger partial charge in [0.1, 0.15) is 0 Å². The molecule has 0 spiro atoms. The molecule has 16 heavy (non-hydrogen) atoms. The monoisotopic (exact) mass is 249 g/mol. The predicted octanol–water partition coefficient (Wildman–Crippen LogP) is -0.340. The van der Waals surface area contributed by atoms with Gasteiger partial charge in [-0.15, -0.1) is 12.4 Å². The van der Waals surface area contributed by atoms with Crippen LogP contribution in [0.2, 0.25) is 0 Å². The number of amides is 2. The molecule has 94 valence electrons. The first-order valence-electron chi connectivity index (χ1n) is 5.40. The Morgan fingerprint density at radius 1 is 1.19 bits per heavy atom. The van der Waals surface area contributed by atoms with Crippen molar-refractivity contribution in [3.63, 3.8) is 0 Å². The molecule has 1 rings (SSSR count). The molecule has 0 aromatic carbocycles. The molecule has 0 saturated heterocycles. The van der Waals surface area contributed by atoms with Crippen molar-refractivity contribution in [2.45, 2.75) is 19.8 Å². The lowest BCUT2D eigenvalue weighted by atomic mass is 10.4. The fourth-order valence-electron chi connectivity index (χ4n) is 1.21. The highest BCUT2D eigenvalue weighted by atomic mass is 35.5. The van der Waals surface area contributed by atoms with Gasteiger partial charge in [0.2, 0.25) is 11.8 Å². The maximum absolute atomic E-state index is 11.2. The van der Waals surface area contributed by atoms with E-state index in [0.29, 0.717) is 19.6 Å². The molecule has 0 heterocycles. The number of hydrogen-bond acceptors (Lipinski definition) is 3. The van der Waals surface area contributed by atoms with Crippen molar-refractivity contribution in [3.05, 3.63) is 0 Å². The lowest BCUT2D eigenvalue weighted by Crippen LogP contribution is -2.38. The zero-order valence-electron chi connectivity index (χ0n) is 9.54. The molecule has 0 radical (unpaired) electrons. The minimum Gasteiger partial charge on any atom is -0.355 e. The Morgan fingerprint density at radius 2 is 1.81 bits per heavy atom. The molecule has 6 heteroatoms. The first-order chi connectivity index (χ1) is 7.18. The van der Waals surface area contributed by atoms with E-state index in [-0.39, 0.29) is 24.2 Å². The number of carbonyl (C=O) groups is 2. The summed E-state index contributed by atoms with van der Waals surface area (Å²) in [6.45, 7) is 3.75. The normalized spacial score (nSPS) is 13.8. The van der Waals surface area contributed by atoms with Gasteiger partial charge in [-0.05, 0) is 25.3 Å². The molecule has 0 aliphatic heterocycles. The van der Waals surface area contributed by atoms with Crippen LogP contribution in [0.15, 0.2) is 0 Å². The number of halogens is 1. The molecule has 3 N–H and O–H groups in total. The second-order valence-corrected chi connectivity index (χ2v) is 3.91. The van der Waals surface area contributed by atoms with Gasteiger partial charge in [-0.1, -0.05) is 0 Å². The second kappa shape index (κ2) is 8.35. The van der Waals surface area contributed by atoms with E-state index in [9.17, 15) is 9.59 Å². The summed E-state index contributed by atoms with van der Waals surface area (Å²) in [7, 11) is 0. The molecule has 0 bridgehead atoms. The lowest BCUT2D eigenvalue weighted by molar-refractivity contribution is -0.121. The third-order valence-corrected chi connectivity index (χ3v) is 2.24. The zero-order valence-corrected chi connectivity index (χ0v) is 10.4.